The van der Waals surface area contributed by atoms with Crippen LogP contribution in [0.5, 0.6) is 0 Å². The Morgan fingerprint density at radius 1 is 1.07 bits per heavy atom. The summed E-state index contributed by atoms with van der Waals surface area (Å²) in [5.41, 5.74) is 2.41. The van der Waals surface area contributed by atoms with E-state index in [1.54, 1.807) is 12.1 Å². The van der Waals surface area contributed by atoms with Crippen molar-refractivity contribution in [1.82, 2.24) is 9.97 Å². The molecule has 0 amide bonds. The number of nitrogens with one attached hydrogen (secondary N) is 1. The van der Waals surface area contributed by atoms with E-state index in [4.69, 9.17) is 4.74 Å². The molecule has 0 saturated heterocycles. The van der Waals surface area contributed by atoms with E-state index in [2.05, 4.69) is 39.2 Å². The Balaban J connectivity index is 1.86. The Morgan fingerprint density at radius 3 is 2.41 bits per heavy atom. The lowest BCUT2D eigenvalue weighted by Crippen LogP contribution is -2.18. The van der Waals surface area contributed by atoms with Crippen molar-refractivity contribution >= 4 is 29.0 Å². The van der Waals surface area contributed by atoms with Crippen LogP contribution in [0, 0.1) is 6.92 Å². The molecule has 27 heavy (non-hydrogen) atoms. The Labute approximate surface area is 158 Å². The molecule has 0 aliphatic rings. The predicted molar refractivity (Wildman–Crippen MR) is 107 cm³/mol. The molecule has 1 N–H and O–H groups in total. The Morgan fingerprint density at radius 2 is 1.78 bits per heavy atom. The molecule has 0 unspecified atom stereocenters. The smallest absolute Gasteiger partial charge is 0.337 e. The van der Waals surface area contributed by atoms with E-state index in [0.717, 1.165) is 23.7 Å². The van der Waals surface area contributed by atoms with Crippen LogP contribution in [-0.4, -0.2) is 29.6 Å². The number of esters is 1. The molecule has 138 valence electrons. The average Bonchev–Trinajstić information content (AvgIpc) is 2.69. The summed E-state index contributed by atoms with van der Waals surface area (Å²) in [7, 11) is 1.37. The van der Waals surface area contributed by atoms with Gasteiger partial charge < -0.3 is 15.0 Å². The van der Waals surface area contributed by atoms with Gasteiger partial charge in [0.15, 0.2) is 0 Å². The second-order valence-corrected chi connectivity index (χ2v) is 5.93. The van der Waals surface area contributed by atoms with E-state index in [1.165, 1.54) is 7.11 Å². The number of anilines is 4. The molecular formula is C21H22N4O2. The first kappa shape index (κ1) is 18.4. The van der Waals surface area contributed by atoms with Gasteiger partial charge in [-0.2, -0.15) is 0 Å². The maximum absolute atomic E-state index is 11.5. The molecule has 1 heterocycles. The molecule has 0 fully saturated rings. The number of ether oxygens (including phenoxy) is 1. The van der Waals surface area contributed by atoms with Crippen molar-refractivity contribution < 1.29 is 9.53 Å². The number of rotatable bonds is 6. The number of aryl methyl sites for hydroxylation is 1. The summed E-state index contributed by atoms with van der Waals surface area (Å²) in [4.78, 5) is 22.7. The third-order valence-corrected chi connectivity index (χ3v) is 4.06. The third kappa shape index (κ3) is 4.41. The van der Waals surface area contributed by atoms with Gasteiger partial charge in [0.05, 0.1) is 12.7 Å². The minimum absolute atomic E-state index is 0.358. The van der Waals surface area contributed by atoms with Crippen LogP contribution in [0.1, 0.15) is 23.1 Å². The van der Waals surface area contributed by atoms with Crippen LogP contribution in [0.2, 0.25) is 0 Å². The maximum atomic E-state index is 11.5. The molecule has 0 radical (unpaired) electrons. The van der Waals surface area contributed by atoms with Gasteiger partial charge in [0, 0.05) is 24.0 Å². The topological polar surface area (TPSA) is 67.4 Å². The SMILES string of the molecule is CCN(c1ccccc1)c1cc(Nc2ccc(C(=O)OC)cc2)nc(C)n1. The number of hydrogen-bond donors (Lipinski definition) is 1. The lowest BCUT2D eigenvalue weighted by atomic mass is 10.2. The molecule has 0 saturated carbocycles. The second kappa shape index (κ2) is 8.31. The van der Waals surface area contributed by atoms with Crippen molar-refractivity contribution in [3.63, 3.8) is 0 Å². The molecule has 0 aliphatic carbocycles. The standard InChI is InChI=1S/C21H22N4O2/c1-4-25(18-8-6-5-7-9-18)20-14-19(22-15(2)23-20)24-17-12-10-16(11-13-17)21(26)27-3/h5-14H,4H2,1-3H3,(H,22,23,24). The second-order valence-electron chi connectivity index (χ2n) is 5.93. The zero-order valence-corrected chi connectivity index (χ0v) is 15.6. The van der Waals surface area contributed by atoms with E-state index in [1.807, 2.05) is 43.3 Å². The summed E-state index contributed by atoms with van der Waals surface area (Å²) in [6.45, 7) is 4.74. The van der Waals surface area contributed by atoms with Crippen LogP contribution in [0.15, 0.2) is 60.7 Å². The van der Waals surface area contributed by atoms with Crippen molar-refractivity contribution in [2.75, 3.05) is 23.9 Å². The quantitative estimate of drug-likeness (QED) is 0.653. The first-order valence-electron chi connectivity index (χ1n) is 8.74. The molecule has 0 atom stereocenters. The number of para-hydroxylation sites is 1. The molecule has 6 heteroatoms. The molecule has 3 aromatic rings. The minimum atomic E-state index is -0.358. The van der Waals surface area contributed by atoms with Crippen molar-refractivity contribution in [3.8, 4) is 0 Å². The van der Waals surface area contributed by atoms with Crippen LogP contribution in [-0.2, 0) is 4.74 Å². The van der Waals surface area contributed by atoms with Gasteiger partial charge in [-0.25, -0.2) is 14.8 Å². The number of benzene rings is 2. The molecule has 1 aromatic heterocycles. The number of hydrogen-bond acceptors (Lipinski definition) is 6. The zero-order chi connectivity index (χ0) is 19.2. The van der Waals surface area contributed by atoms with Crippen LogP contribution in [0.25, 0.3) is 0 Å². The Hall–Kier alpha value is -3.41. The fourth-order valence-corrected chi connectivity index (χ4v) is 2.79. The largest absolute Gasteiger partial charge is 0.465 e. The monoisotopic (exact) mass is 362 g/mol. The highest BCUT2D eigenvalue weighted by atomic mass is 16.5. The summed E-state index contributed by atoms with van der Waals surface area (Å²) in [5.74, 6) is 1.83. The molecule has 0 aliphatic heterocycles. The van der Waals surface area contributed by atoms with E-state index in [9.17, 15) is 4.79 Å². The van der Waals surface area contributed by atoms with Gasteiger partial charge in [-0.3, -0.25) is 0 Å². The number of methoxy groups -OCH3 is 1. The number of carbonyl (C=O) groups excluding carboxylic acids is 1. The lowest BCUT2D eigenvalue weighted by molar-refractivity contribution is 0.0601. The van der Waals surface area contributed by atoms with Gasteiger partial charge in [-0.1, -0.05) is 18.2 Å². The predicted octanol–water partition coefficient (Wildman–Crippen LogP) is 4.47. The fraction of sp³-hybridized carbons (Fsp3) is 0.190. The van der Waals surface area contributed by atoms with Gasteiger partial charge >= 0.3 is 5.97 Å². The van der Waals surface area contributed by atoms with Crippen LogP contribution in [0.3, 0.4) is 0 Å². The van der Waals surface area contributed by atoms with Gasteiger partial charge in [0.25, 0.3) is 0 Å². The van der Waals surface area contributed by atoms with Gasteiger partial charge in [0.1, 0.15) is 17.5 Å². The number of carbonyl (C=O) groups is 1. The Kier molecular flexibility index (Phi) is 5.66. The van der Waals surface area contributed by atoms with Crippen LogP contribution >= 0.6 is 0 Å². The molecule has 0 bridgehead atoms. The Bertz CT molecular complexity index is 911. The summed E-state index contributed by atoms with van der Waals surface area (Å²) in [6.07, 6.45) is 0. The van der Waals surface area contributed by atoms with E-state index >= 15 is 0 Å². The van der Waals surface area contributed by atoms with E-state index < -0.39 is 0 Å². The average molecular weight is 362 g/mol. The van der Waals surface area contributed by atoms with Crippen molar-refractivity contribution in [2.24, 2.45) is 0 Å². The fourth-order valence-electron chi connectivity index (χ4n) is 2.79. The molecule has 6 nitrogen and oxygen atoms in total. The van der Waals surface area contributed by atoms with Crippen LogP contribution < -0.4 is 10.2 Å². The number of aromatic nitrogens is 2. The van der Waals surface area contributed by atoms with Crippen molar-refractivity contribution in [3.05, 3.63) is 72.1 Å². The van der Waals surface area contributed by atoms with E-state index in [-0.39, 0.29) is 5.97 Å². The number of nitrogens with zero attached hydrogens (tertiary/aromatic N) is 3. The summed E-state index contributed by atoms with van der Waals surface area (Å²) < 4.78 is 4.72. The minimum Gasteiger partial charge on any atom is -0.465 e. The molecule has 0 spiro atoms. The third-order valence-electron chi connectivity index (χ3n) is 4.06. The van der Waals surface area contributed by atoms with E-state index in [0.29, 0.717) is 17.2 Å². The molecule has 3 rings (SSSR count). The molecular weight excluding hydrogens is 340 g/mol. The maximum Gasteiger partial charge on any atom is 0.337 e. The highest BCUT2D eigenvalue weighted by Crippen LogP contribution is 2.26. The normalized spacial score (nSPS) is 10.3. The van der Waals surface area contributed by atoms with Crippen molar-refractivity contribution in [1.29, 1.82) is 0 Å². The van der Waals surface area contributed by atoms with Gasteiger partial charge in [0.2, 0.25) is 0 Å². The highest BCUT2D eigenvalue weighted by Gasteiger charge is 2.11. The van der Waals surface area contributed by atoms with Crippen molar-refractivity contribution in [2.45, 2.75) is 13.8 Å². The zero-order valence-electron chi connectivity index (χ0n) is 15.6. The van der Waals surface area contributed by atoms with Gasteiger partial charge in [-0.05, 0) is 50.2 Å². The summed E-state index contributed by atoms with van der Waals surface area (Å²) in [6, 6.07) is 19.1. The first-order chi connectivity index (χ1) is 13.1. The van der Waals surface area contributed by atoms with Gasteiger partial charge in [-0.15, -0.1) is 0 Å². The molecule has 2 aromatic carbocycles. The summed E-state index contributed by atoms with van der Waals surface area (Å²) >= 11 is 0. The summed E-state index contributed by atoms with van der Waals surface area (Å²) in [5, 5.41) is 3.27. The first-order valence-corrected chi connectivity index (χ1v) is 8.74. The highest BCUT2D eigenvalue weighted by molar-refractivity contribution is 5.89. The lowest BCUT2D eigenvalue weighted by Gasteiger charge is -2.23. The van der Waals surface area contributed by atoms with Crippen LogP contribution in [0.4, 0.5) is 23.0 Å².